The van der Waals surface area contributed by atoms with E-state index in [-0.39, 0.29) is 0 Å². The van der Waals surface area contributed by atoms with E-state index in [9.17, 15) is 0 Å². The predicted octanol–water partition coefficient (Wildman–Crippen LogP) is 6.16. The molecule has 0 aromatic carbocycles. The third-order valence-electron chi connectivity index (χ3n) is 5.25. The van der Waals surface area contributed by atoms with Crippen LogP contribution in [0.4, 0.5) is 0 Å². The Hall–Kier alpha value is 0. The predicted molar refractivity (Wildman–Crippen MR) is 80.3 cm³/mol. The molecule has 0 fully saturated rings. The SMILES string of the molecule is CCC(C)CC(C)C(C)CCC(C)(C)C(C)C. The van der Waals surface area contributed by atoms with E-state index in [1.807, 2.05) is 0 Å². The molecule has 0 radical (unpaired) electrons. The van der Waals surface area contributed by atoms with E-state index < -0.39 is 0 Å². The lowest BCUT2D eigenvalue weighted by Crippen LogP contribution is -2.21. The Balaban J connectivity index is 4.05. The highest BCUT2D eigenvalue weighted by Crippen LogP contribution is 2.35. The molecule has 0 bridgehead atoms. The molecule has 104 valence electrons. The van der Waals surface area contributed by atoms with Crippen molar-refractivity contribution < 1.29 is 0 Å². The zero-order valence-electron chi connectivity index (χ0n) is 13.6. The minimum Gasteiger partial charge on any atom is -0.0651 e. The van der Waals surface area contributed by atoms with Crippen molar-refractivity contribution in [1.82, 2.24) is 0 Å². The van der Waals surface area contributed by atoms with Crippen molar-refractivity contribution in [2.75, 3.05) is 0 Å². The van der Waals surface area contributed by atoms with Gasteiger partial charge in [-0.25, -0.2) is 0 Å². The Morgan fingerprint density at radius 2 is 1.41 bits per heavy atom. The van der Waals surface area contributed by atoms with E-state index in [2.05, 4.69) is 55.4 Å². The maximum Gasteiger partial charge on any atom is -0.0331 e. The summed E-state index contributed by atoms with van der Waals surface area (Å²) in [6.07, 6.45) is 5.49. The summed E-state index contributed by atoms with van der Waals surface area (Å²) in [6.45, 7) is 19.1. The maximum absolute atomic E-state index is 2.45. The van der Waals surface area contributed by atoms with Crippen molar-refractivity contribution >= 4 is 0 Å². The van der Waals surface area contributed by atoms with Gasteiger partial charge in [-0.05, 0) is 48.3 Å². The number of hydrogen-bond acceptors (Lipinski definition) is 0. The molecule has 0 spiro atoms. The molecule has 0 nitrogen and oxygen atoms in total. The Morgan fingerprint density at radius 3 is 1.82 bits per heavy atom. The zero-order chi connectivity index (χ0) is 13.6. The second-order valence-corrected chi connectivity index (χ2v) is 7.39. The van der Waals surface area contributed by atoms with Crippen LogP contribution in [-0.2, 0) is 0 Å². The minimum absolute atomic E-state index is 0.504. The topological polar surface area (TPSA) is 0 Å². The van der Waals surface area contributed by atoms with Gasteiger partial charge in [0.1, 0.15) is 0 Å². The highest BCUT2D eigenvalue weighted by Gasteiger charge is 2.24. The van der Waals surface area contributed by atoms with Crippen molar-refractivity contribution in [3.63, 3.8) is 0 Å². The molecule has 0 amide bonds. The summed E-state index contributed by atoms with van der Waals surface area (Å²) in [5.74, 6) is 3.44. The van der Waals surface area contributed by atoms with Gasteiger partial charge in [-0.3, -0.25) is 0 Å². The molecule has 0 N–H and O–H groups in total. The standard InChI is InChI=1S/C17H36/c1-9-14(4)12-16(6)15(5)10-11-17(7,8)13(2)3/h13-16H,9-12H2,1-8H3. The fourth-order valence-corrected chi connectivity index (χ4v) is 2.21. The van der Waals surface area contributed by atoms with Crippen LogP contribution in [0.15, 0.2) is 0 Å². The summed E-state index contributed by atoms with van der Waals surface area (Å²) < 4.78 is 0. The minimum atomic E-state index is 0.504. The fourth-order valence-electron chi connectivity index (χ4n) is 2.21. The highest BCUT2D eigenvalue weighted by molar-refractivity contribution is 4.75. The molecule has 0 aromatic heterocycles. The van der Waals surface area contributed by atoms with Crippen molar-refractivity contribution in [2.24, 2.45) is 29.1 Å². The van der Waals surface area contributed by atoms with Gasteiger partial charge in [0, 0.05) is 0 Å². The fraction of sp³-hybridized carbons (Fsp3) is 1.00. The monoisotopic (exact) mass is 240 g/mol. The second-order valence-electron chi connectivity index (χ2n) is 7.39. The van der Waals surface area contributed by atoms with E-state index in [1.165, 1.54) is 25.7 Å². The van der Waals surface area contributed by atoms with Gasteiger partial charge in [0.15, 0.2) is 0 Å². The first-order chi connectivity index (χ1) is 7.70. The number of rotatable bonds is 8. The molecule has 0 aliphatic carbocycles. The summed E-state index contributed by atoms with van der Waals surface area (Å²) in [6, 6.07) is 0. The molecule has 17 heavy (non-hydrogen) atoms. The van der Waals surface area contributed by atoms with Crippen LogP contribution < -0.4 is 0 Å². The highest BCUT2D eigenvalue weighted by atomic mass is 14.3. The molecular weight excluding hydrogens is 204 g/mol. The van der Waals surface area contributed by atoms with Gasteiger partial charge in [-0.1, -0.05) is 61.8 Å². The summed E-state index contributed by atoms with van der Waals surface area (Å²) >= 11 is 0. The Kier molecular flexibility index (Phi) is 7.44. The molecular formula is C17H36. The molecule has 0 saturated carbocycles. The van der Waals surface area contributed by atoms with Crippen LogP contribution in [0.25, 0.3) is 0 Å². The van der Waals surface area contributed by atoms with Crippen LogP contribution in [-0.4, -0.2) is 0 Å². The van der Waals surface area contributed by atoms with Crippen LogP contribution in [0.2, 0.25) is 0 Å². The van der Waals surface area contributed by atoms with E-state index >= 15 is 0 Å². The summed E-state index contributed by atoms with van der Waals surface area (Å²) in [5.41, 5.74) is 0.504. The van der Waals surface area contributed by atoms with Crippen molar-refractivity contribution in [3.8, 4) is 0 Å². The van der Waals surface area contributed by atoms with Gasteiger partial charge >= 0.3 is 0 Å². The van der Waals surface area contributed by atoms with Crippen LogP contribution >= 0.6 is 0 Å². The Morgan fingerprint density at radius 1 is 0.882 bits per heavy atom. The summed E-state index contributed by atoms with van der Waals surface area (Å²) in [5, 5.41) is 0. The van der Waals surface area contributed by atoms with Crippen LogP contribution in [0.5, 0.6) is 0 Å². The molecule has 3 unspecified atom stereocenters. The van der Waals surface area contributed by atoms with Crippen LogP contribution in [0, 0.1) is 29.1 Å². The molecule has 0 aliphatic heterocycles. The first kappa shape index (κ1) is 17.0. The molecule has 0 heterocycles. The van der Waals surface area contributed by atoms with E-state index in [4.69, 9.17) is 0 Å². The van der Waals surface area contributed by atoms with Crippen LogP contribution in [0.1, 0.15) is 81.1 Å². The van der Waals surface area contributed by atoms with Gasteiger partial charge in [0.2, 0.25) is 0 Å². The summed E-state index contributed by atoms with van der Waals surface area (Å²) in [4.78, 5) is 0. The third-order valence-corrected chi connectivity index (χ3v) is 5.25. The lowest BCUT2D eigenvalue weighted by Gasteiger charge is -2.32. The van der Waals surface area contributed by atoms with Crippen molar-refractivity contribution in [1.29, 1.82) is 0 Å². The maximum atomic E-state index is 2.45. The molecule has 0 rings (SSSR count). The quantitative estimate of drug-likeness (QED) is 0.477. The van der Waals surface area contributed by atoms with Crippen LogP contribution in [0.3, 0.4) is 0 Å². The first-order valence-corrected chi connectivity index (χ1v) is 7.70. The smallest absolute Gasteiger partial charge is 0.0331 e. The zero-order valence-corrected chi connectivity index (χ0v) is 13.6. The molecule has 0 aliphatic rings. The van der Waals surface area contributed by atoms with Gasteiger partial charge < -0.3 is 0 Å². The molecule has 3 atom stereocenters. The second kappa shape index (κ2) is 7.44. The largest absolute Gasteiger partial charge is 0.0651 e. The first-order valence-electron chi connectivity index (χ1n) is 7.70. The molecule has 0 aromatic rings. The van der Waals surface area contributed by atoms with E-state index in [1.54, 1.807) is 0 Å². The van der Waals surface area contributed by atoms with Crippen molar-refractivity contribution in [3.05, 3.63) is 0 Å². The molecule has 0 heteroatoms. The van der Waals surface area contributed by atoms with E-state index in [0.29, 0.717) is 5.41 Å². The van der Waals surface area contributed by atoms with Gasteiger partial charge in [-0.2, -0.15) is 0 Å². The van der Waals surface area contributed by atoms with Crippen molar-refractivity contribution in [2.45, 2.75) is 81.1 Å². The van der Waals surface area contributed by atoms with E-state index in [0.717, 1.165) is 23.7 Å². The third kappa shape index (κ3) is 6.48. The Bertz CT molecular complexity index is 190. The average molecular weight is 240 g/mol. The van der Waals surface area contributed by atoms with Gasteiger partial charge in [0.05, 0.1) is 0 Å². The van der Waals surface area contributed by atoms with Gasteiger partial charge in [-0.15, -0.1) is 0 Å². The van der Waals surface area contributed by atoms with Gasteiger partial charge in [0.25, 0.3) is 0 Å². The molecule has 0 saturated heterocycles. The average Bonchev–Trinajstić information content (AvgIpc) is 2.25. The normalized spacial score (nSPS) is 18.2. The number of hydrogen-bond donors (Lipinski definition) is 0. The Labute approximate surface area is 111 Å². The summed E-state index contributed by atoms with van der Waals surface area (Å²) in [7, 11) is 0. The lowest BCUT2D eigenvalue weighted by molar-refractivity contribution is 0.190. The lowest BCUT2D eigenvalue weighted by atomic mass is 9.74.